The Kier molecular flexibility index (Phi) is 9.99. The summed E-state index contributed by atoms with van der Waals surface area (Å²) in [4.78, 5) is 0. The number of hydrogen-bond acceptors (Lipinski definition) is 2. The summed E-state index contributed by atoms with van der Waals surface area (Å²) in [6, 6.07) is 0. The van der Waals surface area contributed by atoms with Crippen LogP contribution in [0.15, 0.2) is 0 Å². The topological polar surface area (TPSA) is 18.5 Å². The first-order chi connectivity index (χ1) is 5.63. The molecular formula is C8H16I2O2. The normalized spacial score (nSPS) is 16.0. The molecule has 12 heavy (non-hydrogen) atoms. The van der Waals surface area contributed by atoms with Gasteiger partial charge in [0.25, 0.3) is 0 Å². The van der Waals surface area contributed by atoms with Crippen LogP contribution in [0.1, 0.15) is 26.7 Å². The third kappa shape index (κ3) is 11.4. The number of hydrogen-bond donors (Lipinski definition) is 0. The van der Waals surface area contributed by atoms with Crippen LogP contribution in [0, 0.1) is 0 Å². The van der Waals surface area contributed by atoms with Gasteiger partial charge in [-0.15, -0.1) is 0 Å². The van der Waals surface area contributed by atoms with Crippen LogP contribution in [0.2, 0.25) is 0 Å². The molecule has 2 nitrogen and oxygen atoms in total. The van der Waals surface area contributed by atoms with E-state index in [9.17, 15) is 0 Å². The van der Waals surface area contributed by atoms with Crippen molar-refractivity contribution in [3.63, 3.8) is 0 Å². The third-order valence-corrected chi connectivity index (χ3v) is 1.95. The molecule has 0 radical (unpaired) electrons. The molecule has 0 aliphatic carbocycles. The summed E-state index contributed by atoms with van der Waals surface area (Å²) in [6.45, 7) is 5.79. The maximum atomic E-state index is 5.38. The highest BCUT2D eigenvalue weighted by Crippen LogP contribution is 2.04. The first-order valence-corrected chi connectivity index (χ1v) is 6.63. The average molecular weight is 398 g/mol. The molecule has 0 amide bonds. The van der Waals surface area contributed by atoms with Crippen LogP contribution in [0.25, 0.3) is 0 Å². The fourth-order valence-electron chi connectivity index (χ4n) is 0.696. The molecule has 0 heterocycles. The lowest BCUT2D eigenvalue weighted by Crippen LogP contribution is -2.04. The van der Waals surface area contributed by atoms with Crippen molar-refractivity contribution in [3.05, 3.63) is 0 Å². The van der Waals surface area contributed by atoms with Crippen LogP contribution in [-0.4, -0.2) is 21.4 Å². The summed E-state index contributed by atoms with van der Waals surface area (Å²) < 4.78 is 11.4. The summed E-state index contributed by atoms with van der Waals surface area (Å²) in [5.41, 5.74) is 0. The molecule has 74 valence electrons. The van der Waals surface area contributed by atoms with E-state index in [0.29, 0.717) is 8.22 Å². The molecule has 0 aromatic heterocycles. The van der Waals surface area contributed by atoms with Crippen LogP contribution in [0.3, 0.4) is 0 Å². The molecule has 0 N–H and O–H groups in total. The minimum Gasteiger partial charge on any atom is -0.368 e. The highest BCUT2D eigenvalue weighted by atomic mass is 127. The molecule has 0 fully saturated rings. The second kappa shape index (κ2) is 8.96. The van der Waals surface area contributed by atoms with Gasteiger partial charge in [-0.1, -0.05) is 45.2 Å². The van der Waals surface area contributed by atoms with E-state index in [2.05, 4.69) is 45.2 Å². The minimum atomic E-state index is 0.326. The highest BCUT2D eigenvalue weighted by molar-refractivity contribution is 14.1. The molecule has 0 saturated carbocycles. The molecule has 0 rings (SSSR count). The SMILES string of the molecule is CC(I)OCCCCOC(C)I. The first-order valence-electron chi connectivity index (χ1n) is 4.14. The van der Waals surface area contributed by atoms with Gasteiger partial charge >= 0.3 is 0 Å². The zero-order valence-corrected chi connectivity index (χ0v) is 11.9. The molecule has 0 aromatic carbocycles. The van der Waals surface area contributed by atoms with Crippen LogP contribution in [-0.2, 0) is 9.47 Å². The Morgan fingerprint density at radius 1 is 0.917 bits per heavy atom. The summed E-state index contributed by atoms with van der Waals surface area (Å²) >= 11 is 4.52. The van der Waals surface area contributed by atoms with E-state index >= 15 is 0 Å². The monoisotopic (exact) mass is 398 g/mol. The van der Waals surface area contributed by atoms with Crippen molar-refractivity contribution in [3.8, 4) is 0 Å². The first kappa shape index (κ1) is 13.4. The number of unbranched alkanes of at least 4 members (excludes halogenated alkanes) is 1. The quantitative estimate of drug-likeness (QED) is 0.372. The number of rotatable bonds is 7. The summed E-state index contributed by atoms with van der Waals surface area (Å²) in [5, 5.41) is 0. The Hall–Kier alpha value is 1.38. The maximum Gasteiger partial charge on any atom is 0.106 e. The Balaban J connectivity index is 2.91. The van der Waals surface area contributed by atoms with E-state index in [-0.39, 0.29) is 0 Å². The molecule has 0 bridgehead atoms. The molecule has 0 saturated heterocycles. The van der Waals surface area contributed by atoms with Crippen molar-refractivity contribution in [1.82, 2.24) is 0 Å². The second-order valence-corrected chi connectivity index (χ2v) is 6.04. The molecular weight excluding hydrogens is 382 g/mol. The molecule has 0 aliphatic rings. The van der Waals surface area contributed by atoms with E-state index < -0.39 is 0 Å². The van der Waals surface area contributed by atoms with Crippen molar-refractivity contribution < 1.29 is 9.47 Å². The zero-order chi connectivity index (χ0) is 9.40. The Labute approximate surface area is 102 Å². The fourth-order valence-corrected chi connectivity index (χ4v) is 1.20. The van der Waals surface area contributed by atoms with Gasteiger partial charge in [0.05, 0.1) is 0 Å². The molecule has 2 atom stereocenters. The van der Waals surface area contributed by atoms with E-state index in [1.165, 1.54) is 0 Å². The second-order valence-electron chi connectivity index (χ2n) is 2.53. The Morgan fingerprint density at radius 2 is 1.25 bits per heavy atom. The van der Waals surface area contributed by atoms with Gasteiger partial charge in [-0.2, -0.15) is 0 Å². The zero-order valence-electron chi connectivity index (χ0n) is 7.56. The Bertz CT molecular complexity index is 85.1. The standard InChI is InChI=1S/C8H16I2O2/c1-7(9)11-5-3-4-6-12-8(2)10/h7-8H,3-6H2,1-2H3. The van der Waals surface area contributed by atoms with Gasteiger partial charge in [0, 0.05) is 13.2 Å². The van der Waals surface area contributed by atoms with Gasteiger partial charge < -0.3 is 9.47 Å². The van der Waals surface area contributed by atoms with Crippen LogP contribution in [0.4, 0.5) is 0 Å². The summed E-state index contributed by atoms with van der Waals surface area (Å²) in [6.07, 6.45) is 2.19. The van der Waals surface area contributed by atoms with Crippen molar-refractivity contribution in [1.29, 1.82) is 0 Å². The van der Waals surface area contributed by atoms with Crippen molar-refractivity contribution in [2.75, 3.05) is 13.2 Å². The average Bonchev–Trinajstić information content (AvgIpc) is 1.95. The minimum absolute atomic E-state index is 0.326. The lowest BCUT2D eigenvalue weighted by Gasteiger charge is -2.07. The van der Waals surface area contributed by atoms with Gasteiger partial charge in [-0.3, -0.25) is 0 Å². The van der Waals surface area contributed by atoms with Gasteiger partial charge in [0.1, 0.15) is 8.22 Å². The van der Waals surface area contributed by atoms with Crippen LogP contribution in [0.5, 0.6) is 0 Å². The predicted molar refractivity (Wildman–Crippen MR) is 68.1 cm³/mol. The molecule has 4 heteroatoms. The third-order valence-electron chi connectivity index (χ3n) is 1.23. The summed E-state index contributed by atoms with van der Waals surface area (Å²) in [7, 11) is 0. The van der Waals surface area contributed by atoms with Crippen molar-refractivity contribution in [2.45, 2.75) is 34.9 Å². The van der Waals surface area contributed by atoms with Gasteiger partial charge in [-0.05, 0) is 26.7 Å². The number of halogens is 2. The summed E-state index contributed by atoms with van der Waals surface area (Å²) in [5.74, 6) is 0. The molecule has 0 aromatic rings. The molecule has 0 spiro atoms. The largest absolute Gasteiger partial charge is 0.368 e. The molecule has 2 unspecified atom stereocenters. The smallest absolute Gasteiger partial charge is 0.106 e. The number of alkyl halides is 2. The Morgan fingerprint density at radius 3 is 1.50 bits per heavy atom. The van der Waals surface area contributed by atoms with Gasteiger partial charge in [-0.25, -0.2) is 0 Å². The maximum absolute atomic E-state index is 5.38. The predicted octanol–water partition coefficient (Wildman–Crippen LogP) is 3.36. The van der Waals surface area contributed by atoms with Crippen LogP contribution >= 0.6 is 45.2 Å². The van der Waals surface area contributed by atoms with Gasteiger partial charge in [0.2, 0.25) is 0 Å². The lowest BCUT2D eigenvalue weighted by atomic mass is 10.3. The highest BCUT2D eigenvalue weighted by Gasteiger charge is 1.96. The number of ether oxygens (including phenoxy) is 2. The van der Waals surface area contributed by atoms with Crippen LogP contribution < -0.4 is 0 Å². The van der Waals surface area contributed by atoms with Gasteiger partial charge in [0.15, 0.2) is 0 Å². The van der Waals surface area contributed by atoms with Crippen molar-refractivity contribution >= 4 is 45.2 Å². The van der Waals surface area contributed by atoms with E-state index in [1.807, 2.05) is 13.8 Å². The fraction of sp³-hybridized carbons (Fsp3) is 1.00. The lowest BCUT2D eigenvalue weighted by molar-refractivity contribution is 0.102. The molecule has 0 aliphatic heterocycles. The van der Waals surface area contributed by atoms with E-state index in [4.69, 9.17) is 9.47 Å². The van der Waals surface area contributed by atoms with E-state index in [1.54, 1.807) is 0 Å². The van der Waals surface area contributed by atoms with Crippen molar-refractivity contribution in [2.24, 2.45) is 0 Å². The van der Waals surface area contributed by atoms with E-state index in [0.717, 1.165) is 26.1 Å².